The molecule has 1 saturated heterocycles. The molecule has 5 nitrogen and oxygen atoms in total. The lowest BCUT2D eigenvalue weighted by Gasteiger charge is -2.73. The molecule has 8 rings (SSSR count). The molecule has 1 aliphatic heterocycles. The summed E-state index contributed by atoms with van der Waals surface area (Å²) in [6, 6.07) is 6.44. The van der Waals surface area contributed by atoms with Gasteiger partial charge in [-0.2, -0.15) is 0 Å². The summed E-state index contributed by atoms with van der Waals surface area (Å²) in [6.07, 6.45) is 14.7. The number of aliphatic hydroxyl groups is 1. The van der Waals surface area contributed by atoms with Gasteiger partial charge < -0.3 is 15.0 Å². The van der Waals surface area contributed by atoms with Gasteiger partial charge in [0.15, 0.2) is 0 Å². The lowest BCUT2D eigenvalue weighted by Crippen LogP contribution is -2.67. The van der Waals surface area contributed by atoms with Crippen LogP contribution in [0.5, 0.6) is 0 Å². The van der Waals surface area contributed by atoms with Gasteiger partial charge in [0.2, 0.25) is 5.91 Å². The second-order valence-corrected chi connectivity index (χ2v) is 19.1. The van der Waals surface area contributed by atoms with Crippen LogP contribution in [0.25, 0.3) is 11.3 Å². The maximum atomic E-state index is 15.3. The molecule has 0 radical (unpaired) electrons. The summed E-state index contributed by atoms with van der Waals surface area (Å²) in [7, 11) is 0. The molecule has 0 bridgehead atoms. The van der Waals surface area contributed by atoms with Crippen molar-refractivity contribution in [2.24, 2.45) is 56.7 Å². The van der Waals surface area contributed by atoms with Crippen LogP contribution in [-0.2, 0) is 4.79 Å². The third-order valence-corrected chi connectivity index (χ3v) is 17.0. The molecule has 1 aromatic carbocycles. The number of carbonyl (C=O) groups is 1. The number of aliphatic hydroxyl groups excluding tert-OH is 1. The van der Waals surface area contributed by atoms with E-state index in [4.69, 9.17) is 4.98 Å². The Balaban J connectivity index is 1.12. The van der Waals surface area contributed by atoms with Crippen LogP contribution < -0.4 is 0 Å². The molecule has 5 aliphatic carbocycles. The van der Waals surface area contributed by atoms with Gasteiger partial charge in [-0.1, -0.05) is 46.8 Å². The number of aromatic amines is 1. The Morgan fingerprint density at radius 3 is 2.41 bits per heavy atom. The highest BCUT2D eigenvalue weighted by molar-refractivity contribution is 5.84. The van der Waals surface area contributed by atoms with Crippen molar-refractivity contribution in [2.45, 2.75) is 131 Å². The van der Waals surface area contributed by atoms with E-state index >= 15 is 4.79 Å². The number of benzene rings is 1. The Morgan fingerprint density at radius 1 is 0.918 bits per heavy atom. The van der Waals surface area contributed by atoms with Gasteiger partial charge in [-0.3, -0.25) is 4.79 Å². The van der Waals surface area contributed by atoms with Gasteiger partial charge in [0.1, 0.15) is 11.6 Å². The molecule has 6 fully saturated rings. The number of aromatic nitrogens is 2. The van der Waals surface area contributed by atoms with Gasteiger partial charge in [-0.15, -0.1) is 0 Å². The fourth-order valence-corrected chi connectivity index (χ4v) is 14.4. The van der Waals surface area contributed by atoms with Gasteiger partial charge in [0.25, 0.3) is 0 Å². The largest absolute Gasteiger partial charge is 0.393 e. The topological polar surface area (TPSA) is 69.2 Å². The first-order valence-corrected chi connectivity index (χ1v) is 19.6. The third-order valence-electron chi connectivity index (χ3n) is 17.0. The molecule has 1 amide bonds. The maximum absolute atomic E-state index is 15.3. The summed E-state index contributed by atoms with van der Waals surface area (Å²) in [6.45, 7) is 20.2. The summed E-state index contributed by atoms with van der Waals surface area (Å²) in [5, 5.41) is 11.1. The van der Waals surface area contributed by atoms with E-state index in [2.05, 4.69) is 58.0 Å². The van der Waals surface area contributed by atoms with E-state index < -0.39 is 0 Å². The lowest BCUT2D eigenvalue weighted by molar-refractivity contribution is -0.247. The van der Waals surface area contributed by atoms with E-state index in [1.807, 2.05) is 6.20 Å². The first kappa shape index (κ1) is 33.7. The number of likely N-dealkylation sites (tertiary alicyclic amines) is 1. The number of nitrogens with zero attached hydrogens (tertiary/aromatic N) is 2. The molecule has 2 aromatic rings. The maximum Gasteiger partial charge on any atom is 0.229 e. The smallest absolute Gasteiger partial charge is 0.229 e. The zero-order valence-electron chi connectivity index (χ0n) is 31.0. The molecule has 1 aromatic heterocycles. The number of fused-ring (bicyclic) bond motifs is 7. The third kappa shape index (κ3) is 4.56. The van der Waals surface area contributed by atoms with Crippen LogP contribution >= 0.6 is 0 Å². The lowest BCUT2D eigenvalue weighted by atomic mass is 9.32. The Kier molecular flexibility index (Phi) is 7.74. The van der Waals surface area contributed by atoms with Crippen LogP contribution in [0.15, 0.2) is 42.6 Å². The van der Waals surface area contributed by atoms with Gasteiger partial charge in [0, 0.05) is 18.3 Å². The van der Waals surface area contributed by atoms with Crippen LogP contribution in [0.1, 0.15) is 130 Å². The van der Waals surface area contributed by atoms with Crippen LogP contribution in [0.3, 0.4) is 0 Å². The number of halogens is 1. The van der Waals surface area contributed by atoms with E-state index in [0.29, 0.717) is 35.5 Å². The van der Waals surface area contributed by atoms with Crippen molar-refractivity contribution < 1.29 is 14.3 Å². The van der Waals surface area contributed by atoms with E-state index in [0.717, 1.165) is 75.0 Å². The predicted molar refractivity (Wildman–Crippen MR) is 193 cm³/mol. The standard InChI is InChI=1S/C43H60FN3O2/c1-26(2)29-16-21-43(38(49)47-24-8-9-32(47)37-45-25-31(46-37)27-10-12-28(44)13-11-27)23-22-41(6)30(36(29)43)14-15-34-40(5)19-18-35(48)39(3,4)33(40)17-20-42(34,41)7/h10-13,25,29-30,32-36,48H,1,8-9,14-24H2,2-7H3,(H,45,46)/t29-,30+,32-,33-,34+,35-,36+,40-,41?,42+,43?/m0/s1. The molecule has 11 atom stereocenters. The SMILES string of the molecule is C=C(C)[C@@H]1CCC2(C(=O)N3CCC[C@H]3c3nc(-c4ccc(F)cc4)c[nH]3)CCC3(C)[C@H](CC[C@@H]4[C@@]5(C)CC[C@H](O)C(C)(C)[C@@H]5CC[C@]43C)[C@@H]12. The zero-order valence-corrected chi connectivity index (χ0v) is 31.0. The average molecular weight is 670 g/mol. The molecule has 6 aliphatic rings. The highest BCUT2D eigenvalue weighted by Crippen LogP contribution is 2.77. The summed E-state index contributed by atoms with van der Waals surface area (Å²) in [5.74, 6) is 3.40. The van der Waals surface area contributed by atoms with Crippen LogP contribution in [0, 0.1) is 62.5 Å². The van der Waals surface area contributed by atoms with Gasteiger partial charge >= 0.3 is 0 Å². The first-order chi connectivity index (χ1) is 23.2. The molecule has 2 unspecified atom stereocenters. The first-order valence-electron chi connectivity index (χ1n) is 19.6. The quantitative estimate of drug-likeness (QED) is 0.319. The average Bonchev–Trinajstić information content (AvgIpc) is 3.82. The minimum absolute atomic E-state index is 0.0449. The van der Waals surface area contributed by atoms with Gasteiger partial charge in [-0.05, 0) is 159 Å². The molecule has 0 spiro atoms. The van der Waals surface area contributed by atoms with Crippen molar-refractivity contribution in [3.8, 4) is 11.3 Å². The fraction of sp³-hybridized carbons (Fsp3) is 0.721. The Labute approximate surface area is 293 Å². The number of hydrogen-bond acceptors (Lipinski definition) is 3. The summed E-state index contributed by atoms with van der Waals surface area (Å²) in [5.41, 5.74) is 3.19. The summed E-state index contributed by atoms with van der Waals surface area (Å²) < 4.78 is 13.6. The van der Waals surface area contributed by atoms with Gasteiger partial charge in [0.05, 0.1) is 23.3 Å². The number of amides is 1. The number of H-pyrrole nitrogens is 1. The number of carbonyl (C=O) groups excluding carboxylic acids is 1. The minimum Gasteiger partial charge on any atom is -0.393 e. The monoisotopic (exact) mass is 669 g/mol. The van der Waals surface area contributed by atoms with Gasteiger partial charge in [-0.25, -0.2) is 9.37 Å². The van der Waals surface area contributed by atoms with Crippen molar-refractivity contribution in [2.75, 3.05) is 6.54 Å². The number of imidazole rings is 1. The second kappa shape index (κ2) is 11.3. The minimum atomic E-state index is -0.343. The van der Waals surface area contributed by atoms with Crippen molar-refractivity contribution in [1.29, 1.82) is 0 Å². The van der Waals surface area contributed by atoms with E-state index in [1.54, 1.807) is 12.1 Å². The number of nitrogens with one attached hydrogen (secondary N) is 1. The Morgan fingerprint density at radius 2 is 1.67 bits per heavy atom. The van der Waals surface area contributed by atoms with Crippen molar-refractivity contribution >= 4 is 5.91 Å². The molecule has 49 heavy (non-hydrogen) atoms. The molecular formula is C43H60FN3O2. The van der Waals surface area contributed by atoms with Crippen molar-refractivity contribution in [1.82, 2.24) is 14.9 Å². The van der Waals surface area contributed by atoms with Crippen molar-refractivity contribution in [3.63, 3.8) is 0 Å². The summed E-state index contributed by atoms with van der Waals surface area (Å²) >= 11 is 0. The van der Waals surface area contributed by atoms with E-state index in [1.165, 1.54) is 43.4 Å². The van der Waals surface area contributed by atoms with E-state index in [-0.39, 0.29) is 45.0 Å². The second-order valence-electron chi connectivity index (χ2n) is 19.1. The Bertz CT molecular complexity index is 1630. The molecule has 266 valence electrons. The highest BCUT2D eigenvalue weighted by Gasteiger charge is 2.72. The highest BCUT2D eigenvalue weighted by atomic mass is 19.1. The Hall–Kier alpha value is -2.47. The summed E-state index contributed by atoms with van der Waals surface area (Å²) in [4.78, 5) is 26.0. The molecule has 2 N–H and O–H groups in total. The number of rotatable bonds is 4. The van der Waals surface area contributed by atoms with Crippen LogP contribution in [0.4, 0.5) is 4.39 Å². The fourth-order valence-electron chi connectivity index (χ4n) is 14.4. The predicted octanol–water partition coefficient (Wildman–Crippen LogP) is 9.90. The van der Waals surface area contributed by atoms with Crippen LogP contribution in [-0.4, -0.2) is 38.5 Å². The molecule has 5 saturated carbocycles. The molecular weight excluding hydrogens is 609 g/mol. The number of allylic oxidation sites excluding steroid dienone is 1. The van der Waals surface area contributed by atoms with E-state index in [9.17, 15) is 9.50 Å². The number of hydrogen-bond donors (Lipinski definition) is 2. The molecule has 6 heteroatoms. The zero-order chi connectivity index (χ0) is 34.7. The van der Waals surface area contributed by atoms with Crippen molar-refractivity contribution in [3.05, 3.63) is 54.3 Å². The normalized spacial score (nSPS) is 44.1. The molecule has 2 heterocycles. The van der Waals surface area contributed by atoms with Crippen LogP contribution in [0.2, 0.25) is 0 Å².